The van der Waals surface area contributed by atoms with Crippen LogP contribution in [-0.2, 0) is 19.6 Å². The molecular weight excluding hydrogens is 349 g/mol. The molecule has 9 heteroatoms. The molecule has 2 atom stereocenters. The molecule has 0 amide bonds. The Morgan fingerprint density at radius 2 is 1.92 bits per heavy atom. The predicted octanol–water partition coefficient (Wildman–Crippen LogP) is 2.10. The zero-order valence-corrected chi connectivity index (χ0v) is 14.7. The third-order valence-electron chi connectivity index (χ3n) is 4.30. The SMILES string of the molecule is CN(C)c1nnc(C(F)([C@H]2CCC(=O)C2)S(=O)(=O)c2ccccc2)o1. The smallest absolute Gasteiger partial charge is 0.317 e. The van der Waals surface area contributed by atoms with E-state index >= 15 is 4.39 Å². The van der Waals surface area contributed by atoms with E-state index in [0.717, 1.165) is 0 Å². The van der Waals surface area contributed by atoms with Crippen LogP contribution in [0, 0.1) is 5.92 Å². The number of alkyl halides is 1. The molecule has 0 spiro atoms. The molecule has 0 radical (unpaired) electrons. The van der Waals surface area contributed by atoms with Crippen LogP contribution in [0.15, 0.2) is 39.6 Å². The first-order chi connectivity index (χ1) is 11.8. The van der Waals surface area contributed by atoms with Gasteiger partial charge in [0.25, 0.3) is 10.9 Å². The zero-order valence-electron chi connectivity index (χ0n) is 13.8. The highest BCUT2D eigenvalue weighted by Gasteiger charge is 2.59. The zero-order chi connectivity index (χ0) is 18.2. The third-order valence-corrected chi connectivity index (χ3v) is 6.49. The minimum absolute atomic E-state index is 0.00962. The number of benzene rings is 1. The highest BCUT2D eigenvalue weighted by Crippen LogP contribution is 2.48. The summed E-state index contributed by atoms with van der Waals surface area (Å²) in [5.74, 6) is -1.89. The van der Waals surface area contributed by atoms with E-state index in [1.54, 1.807) is 20.2 Å². The molecule has 0 bridgehead atoms. The fraction of sp³-hybridized carbons (Fsp3) is 0.438. The summed E-state index contributed by atoms with van der Waals surface area (Å²) in [5.41, 5.74) is 0. The van der Waals surface area contributed by atoms with E-state index in [0.29, 0.717) is 0 Å². The van der Waals surface area contributed by atoms with E-state index < -0.39 is 26.6 Å². The molecule has 1 saturated carbocycles. The Bertz CT molecular complexity index is 882. The van der Waals surface area contributed by atoms with Gasteiger partial charge in [0.15, 0.2) is 0 Å². The summed E-state index contributed by atoms with van der Waals surface area (Å²) >= 11 is 0. The van der Waals surface area contributed by atoms with Crippen LogP contribution in [0.3, 0.4) is 0 Å². The molecule has 25 heavy (non-hydrogen) atoms. The molecule has 1 aliphatic carbocycles. The molecule has 1 aromatic heterocycles. The van der Waals surface area contributed by atoms with Crippen molar-refractivity contribution in [3.8, 4) is 0 Å². The molecule has 1 aromatic carbocycles. The van der Waals surface area contributed by atoms with Gasteiger partial charge >= 0.3 is 6.01 Å². The minimum atomic E-state index is -4.51. The van der Waals surface area contributed by atoms with E-state index in [1.807, 2.05) is 0 Å². The minimum Gasteiger partial charge on any atom is -0.403 e. The molecule has 1 heterocycles. The van der Waals surface area contributed by atoms with Crippen molar-refractivity contribution >= 4 is 21.6 Å². The normalized spacial score (nSPS) is 20.4. The lowest BCUT2D eigenvalue weighted by Gasteiger charge is -2.27. The largest absolute Gasteiger partial charge is 0.403 e. The molecule has 0 saturated heterocycles. The number of anilines is 1. The summed E-state index contributed by atoms with van der Waals surface area (Å²) < 4.78 is 47.7. The third kappa shape index (κ3) is 2.82. The summed E-state index contributed by atoms with van der Waals surface area (Å²) in [4.78, 5) is 12.9. The van der Waals surface area contributed by atoms with Gasteiger partial charge in [-0.15, -0.1) is 5.10 Å². The van der Waals surface area contributed by atoms with Crippen molar-refractivity contribution in [2.24, 2.45) is 5.92 Å². The number of ketones is 1. The summed E-state index contributed by atoms with van der Waals surface area (Å²) in [6.45, 7) is 0. The van der Waals surface area contributed by atoms with Gasteiger partial charge in [-0.3, -0.25) is 4.79 Å². The van der Waals surface area contributed by atoms with Gasteiger partial charge in [-0.1, -0.05) is 23.3 Å². The maximum Gasteiger partial charge on any atom is 0.317 e. The Morgan fingerprint density at radius 3 is 2.44 bits per heavy atom. The standard InChI is InChI=1S/C16H18FN3O4S/c1-20(2)15-19-18-14(24-15)16(17,11-8-9-12(21)10-11)25(22,23)13-6-4-3-5-7-13/h3-7,11H,8-10H2,1-2H3/t11-,16?/m0/s1. The lowest BCUT2D eigenvalue weighted by atomic mass is 10.0. The lowest BCUT2D eigenvalue weighted by Crippen LogP contribution is -2.38. The topological polar surface area (TPSA) is 93.4 Å². The monoisotopic (exact) mass is 367 g/mol. The van der Waals surface area contributed by atoms with E-state index in [1.165, 1.54) is 29.2 Å². The Balaban J connectivity index is 2.17. The highest BCUT2D eigenvalue weighted by atomic mass is 32.2. The Hall–Kier alpha value is -2.29. The fourth-order valence-electron chi connectivity index (χ4n) is 2.95. The average molecular weight is 367 g/mol. The average Bonchev–Trinajstić information content (AvgIpc) is 3.24. The number of nitrogens with zero attached hydrogens (tertiary/aromatic N) is 3. The molecule has 0 aliphatic heterocycles. The van der Waals surface area contributed by atoms with Crippen LogP contribution < -0.4 is 4.90 Å². The number of aromatic nitrogens is 2. The number of carbonyl (C=O) groups is 1. The van der Waals surface area contributed by atoms with Crippen molar-refractivity contribution in [2.45, 2.75) is 29.2 Å². The quantitative estimate of drug-likeness (QED) is 0.799. The van der Waals surface area contributed by atoms with Crippen molar-refractivity contribution in [2.75, 3.05) is 19.0 Å². The van der Waals surface area contributed by atoms with Gasteiger partial charge in [0.1, 0.15) is 5.78 Å². The number of rotatable bonds is 5. The molecule has 1 aliphatic rings. The molecule has 0 N–H and O–H groups in total. The first kappa shape index (κ1) is 17.5. The first-order valence-electron chi connectivity index (χ1n) is 7.78. The van der Waals surface area contributed by atoms with E-state index in [9.17, 15) is 13.2 Å². The summed E-state index contributed by atoms with van der Waals surface area (Å²) in [7, 11) is -1.28. The van der Waals surface area contributed by atoms with Crippen LogP contribution in [0.2, 0.25) is 0 Å². The van der Waals surface area contributed by atoms with E-state index in [-0.39, 0.29) is 36.0 Å². The second-order valence-electron chi connectivity index (χ2n) is 6.22. The van der Waals surface area contributed by atoms with E-state index in [2.05, 4.69) is 10.2 Å². The second kappa shape index (κ2) is 6.21. The molecule has 1 fully saturated rings. The second-order valence-corrected chi connectivity index (χ2v) is 8.30. The highest BCUT2D eigenvalue weighted by molar-refractivity contribution is 7.92. The van der Waals surface area contributed by atoms with Crippen LogP contribution in [0.1, 0.15) is 25.2 Å². The molecule has 2 aromatic rings. The number of carbonyl (C=O) groups excluding carboxylic acids is 1. The predicted molar refractivity (Wildman–Crippen MR) is 87.4 cm³/mol. The van der Waals surface area contributed by atoms with Gasteiger partial charge in [-0.05, 0) is 18.6 Å². The summed E-state index contributed by atoms with van der Waals surface area (Å²) in [5, 5.41) is 4.39. The van der Waals surface area contributed by atoms with Crippen LogP contribution in [-0.4, -0.2) is 38.5 Å². The van der Waals surface area contributed by atoms with Gasteiger partial charge in [0.05, 0.1) is 4.90 Å². The Morgan fingerprint density at radius 1 is 1.24 bits per heavy atom. The van der Waals surface area contributed by atoms with Gasteiger partial charge in [0, 0.05) is 32.9 Å². The van der Waals surface area contributed by atoms with Crippen LogP contribution in [0.25, 0.3) is 0 Å². The van der Waals surface area contributed by atoms with Crippen LogP contribution in [0.5, 0.6) is 0 Å². The molecule has 1 unspecified atom stereocenters. The molecular formula is C16H18FN3O4S. The number of hydrogen-bond donors (Lipinski definition) is 0. The van der Waals surface area contributed by atoms with Crippen LogP contribution >= 0.6 is 0 Å². The maximum atomic E-state index is 16.2. The van der Waals surface area contributed by atoms with Crippen molar-refractivity contribution in [1.29, 1.82) is 0 Å². The molecule has 134 valence electrons. The lowest BCUT2D eigenvalue weighted by molar-refractivity contribution is -0.117. The summed E-state index contributed by atoms with van der Waals surface area (Å²) in [6, 6.07) is 7.25. The Labute approximate surface area is 144 Å². The van der Waals surface area contributed by atoms with Crippen molar-refractivity contribution < 1.29 is 22.0 Å². The van der Waals surface area contributed by atoms with Gasteiger partial charge < -0.3 is 9.32 Å². The number of hydrogen-bond acceptors (Lipinski definition) is 7. The first-order valence-corrected chi connectivity index (χ1v) is 9.26. The number of halogens is 1. The van der Waals surface area contributed by atoms with Gasteiger partial charge in [-0.2, -0.15) is 0 Å². The van der Waals surface area contributed by atoms with Gasteiger partial charge in [0.2, 0.25) is 9.84 Å². The number of sulfone groups is 1. The van der Waals surface area contributed by atoms with Crippen molar-refractivity contribution in [3.05, 3.63) is 36.2 Å². The fourth-order valence-corrected chi connectivity index (χ4v) is 4.76. The van der Waals surface area contributed by atoms with E-state index in [4.69, 9.17) is 4.42 Å². The maximum absolute atomic E-state index is 16.2. The molecule has 3 rings (SSSR count). The molecule has 7 nitrogen and oxygen atoms in total. The van der Waals surface area contributed by atoms with Gasteiger partial charge in [-0.25, -0.2) is 12.8 Å². The number of Topliss-reactive ketones (excluding diaryl/α,β-unsaturated/α-hetero) is 1. The Kier molecular flexibility index (Phi) is 4.36. The summed E-state index contributed by atoms with van der Waals surface area (Å²) in [6.07, 6.45) is 0.0681. The van der Waals surface area contributed by atoms with Crippen molar-refractivity contribution in [3.63, 3.8) is 0 Å². The van der Waals surface area contributed by atoms with Crippen LogP contribution in [0.4, 0.5) is 10.4 Å². The van der Waals surface area contributed by atoms with Crippen molar-refractivity contribution in [1.82, 2.24) is 10.2 Å².